The second-order valence-electron chi connectivity index (χ2n) is 4.40. The van der Waals surface area contributed by atoms with E-state index in [1.807, 2.05) is 0 Å². The van der Waals surface area contributed by atoms with E-state index in [1.54, 1.807) is 0 Å². The fraction of sp³-hybridized carbons (Fsp3) is 0.818. The molecule has 1 rings (SSSR count). The third kappa shape index (κ3) is 1.71. The molecule has 0 aromatic carbocycles. The van der Waals surface area contributed by atoms with Crippen LogP contribution in [0.1, 0.15) is 27.7 Å². The van der Waals surface area contributed by atoms with Crippen molar-refractivity contribution < 1.29 is 0 Å². The lowest BCUT2D eigenvalue weighted by atomic mass is 9.77. The molecule has 0 heterocycles. The topological polar surface area (TPSA) is 26.0 Å². The lowest BCUT2D eigenvalue weighted by Crippen LogP contribution is -2.34. The normalized spacial score (nSPS) is 39.9. The van der Waals surface area contributed by atoms with Gasteiger partial charge in [-0.15, -0.1) is 0 Å². The van der Waals surface area contributed by atoms with E-state index in [9.17, 15) is 0 Å². The van der Waals surface area contributed by atoms with Gasteiger partial charge in [0, 0.05) is 6.04 Å². The van der Waals surface area contributed by atoms with Crippen LogP contribution < -0.4 is 5.73 Å². The molecule has 0 saturated heterocycles. The highest BCUT2D eigenvalue weighted by atomic mass is 14.6. The molecular formula is C11H21N. The first-order valence-electron chi connectivity index (χ1n) is 4.98. The summed E-state index contributed by atoms with van der Waals surface area (Å²) in [6.07, 6.45) is 4.66. The second kappa shape index (κ2) is 3.61. The van der Waals surface area contributed by atoms with E-state index in [2.05, 4.69) is 39.8 Å². The van der Waals surface area contributed by atoms with Gasteiger partial charge in [-0.1, -0.05) is 32.9 Å². The minimum Gasteiger partial charge on any atom is -0.328 e. The highest BCUT2D eigenvalue weighted by Gasteiger charge is 2.31. The first kappa shape index (κ1) is 9.79. The van der Waals surface area contributed by atoms with E-state index in [4.69, 9.17) is 5.73 Å². The van der Waals surface area contributed by atoms with Gasteiger partial charge in [-0.2, -0.15) is 0 Å². The SMILES string of the molecule is CC(N)C(C)C1C(C)C=CC1C. The van der Waals surface area contributed by atoms with Crippen LogP contribution in [0, 0.1) is 23.7 Å². The molecule has 1 heteroatoms. The van der Waals surface area contributed by atoms with E-state index < -0.39 is 0 Å². The number of hydrogen-bond acceptors (Lipinski definition) is 1. The van der Waals surface area contributed by atoms with Crippen molar-refractivity contribution in [2.24, 2.45) is 29.4 Å². The minimum atomic E-state index is 0.319. The summed E-state index contributed by atoms with van der Waals surface area (Å²) in [5, 5.41) is 0. The summed E-state index contributed by atoms with van der Waals surface area (Å²) in [4.78, 5) is 0. The molecule has 2 N–H and O–H groups in total. The second-order valence-corrected chi connectivity index (χ2v) is 4.40. The summed E-state index contributed by atoms with van der Waals surface area (Å²) >= 11 is 0. The summed E-state index contributed by atoms with van der Waals surface area (Å²) in [5.41, 5.74) is 5.91. The molecule has 70 valence electrons. The molecule has 0 fully saturated rings. The van der Waals surface area contributed by atoms with Crippen LogP contribution in [-0.2, 0) is 0 Å². The number of hydrogen-bond donors (Lipinski definition) is 1. The lowest BCUT2D eigenvalue weighted by molar-refractivity contribution is 0.229. The smallest absolute Gasteiger partial charge is 0.00391 e. The molecule has 12 heavy (non-hydrogen) atoms. The molecule has 1 nitrogen and oxygen atoms in total. The van der Waals surface area contributed by atoms with Crippen LogP contribution in [0.5, 0.6) is 0 Å². The van der Waals surface area contributed by atoms with Gasteiger partial charge >= 0.3 is 0 Å². The van der Waals surface area contributed by atoms with Crippen LogP contribution in [0.3, 0.4) is 0 Å². The van der Waals surface area contributed by atoms with Crippen molar-refractivity contribution in [3.63, 3.8) is 0 Å². The number of rotatable bonds is 2. The predicted molar refractivity (Wildman–Crippen MR) is 53.8 cm³/mol. The van der Waals surface area contributed by atoms with Gasteiger partial charge in [0.1, 0.15) is 0 Å². The zero-order valence-corrected chi connectivity index (χ0v) is 8.62. The molecule has 0 aromatic heterocycles. The van der Waals surface area contributed by atoms with Crippen LogP contribution in [0.15, 0.2) is 12.2 Å². The first-order valence-corrected chi connectivity index (χ1v) is 4.98. The molecule has 0 aromatic rings. The Bertz CT molecular complexity index is 160. The molecule has 1 aliphatic rings. The molecule has 1 aliphatic carbocycles. The van der Waals surface area contributed by atoms with Crippen LogP contribution in [0.2, 0.25) is 0 Å². The highest BCUT2D eigenvalue weighted by Crippen LogP contribution is 2.36. The van der Waals surface area contributed by atoms with Crippen molar-refractivity contribution in [3.05, 3.63) is 12.2 Å². The van der Waals surface area contributed by atoms with Gasteiger partial charge in [-0.25, -0.2) is 0 Å². The molecule has 0 spiro atoms. The Morgan fingerprint density at radius 1 is 1.08 bits per heavy atom. The Balaban J connectivity index is 2.62. The van der Waals surface area contributed by atoms with Gasteiger partial charge in [-0.3, -0.25) is 0 Å². The van der Waals surface area contributed by atoms with E-state index in [0.717, 1.165) is 5.92 Å². The Hall–Kier alpha value is -0.300. The largest absolute Gasteiger partial charge is 0.328 e. The predicted octanol–water partition coefficient (Wildman–Crippen LogP) is 2.43. The van der Waals surface area contributed by atoms with Crippen molar-refractivity contribution >= 4 is 0 Å². The maximum Gasteiger partial charge on any atom is 0.00391 e. The van der Waals surface area contributed by atoms with E-state index in [-0.39, 0.29) is 0 Å². The molecule has 4 unspecified atom stereocenters. The zero-order chi connectivity index (χ0) is 9.30. The van der Waals surface area contributed by atoms with Gasteiger partial charge in [0.2, 0.25) is 0 Å². The lowest BCUT2D eigenvalue weighted by Gasteiger charge is -2.30. The zero-order valence-electron chi connectivity index (χ0n) is 8.62. The first-order chi connectivity index (χ1) is 5.54. The Morgan fingerprint density at radius 2 is 1.50 bits per heavy atom. The molecular weight excluding hydrogens is 146 g/mol. The quantitative estimate of drug-likeness (QED) is 0.628. The molecule has 0 saturated carbocycles. The summed E-state index contributed by atoms with van der Waals surface area (Å²) in [6, 6.07) is 0.319. The number of nitrogens with two attached hydrogens (primary N) is 1. The standard InChI is InChI=1S/C11H21N/c1-7-5-6-8(2)11(7)9(3)10(4)12/h5-11H,12H2,1-4H3. The molecule has 0 bridgehead atoms. The van der Waals surface area contributed by atoms with E-state index >= 15 is 0 Å². The van der Waals surface area contributed by atoms with Gasteiger partial charge in [0.05, 0.1) is 0 Å². The summed E-state index contributed by atoms with van der Waals surface area (Å²) < 4.78 is 0. The van der Waals surface area contributed by atoms with Crippen molar-refractivity contribution in [3.8, 4) is 0 Å². The van der Waals surface area contributed by atoms with Crippen LogP contribution in [0.25, 0.3) is 0 Å². The fourth-order valence-electron chi connectivity index (χ4n) is 2.39. The maximum atomic E-state index is 5.91. The van der Waals surface area contributed by atoms with Crippen molar-refractivity contribution in [1.29, 1.82) is 0 Å². The Kier molecular flexibility index (Phi) is 2.94. The Labute approximate surface area is 76.0 Å². The van der Waals surface area contributed by atoms with Crippen LogP contribution in [0.4, 0.5) is 0 Å². The van der Waals surface area contributed by atoms with E-state index in [1.165, 1.54) is 0 Å². The van der Waals surface area contributed by atoms with Crippen LogP contribution >= 0.6 is 0 Å². The monoisotopic (exact) mass is 167 g/mol. The summed E-state index contributed by atoms with van der Waals surface area (Å²) in [5.74, 6) is 2.80. The number of allylic oxidation sites excluding steroid dienone is 2. The average Bonchev–Trinajstić information content (AvgIpc) is 2.30. The van der Waals surface area contributed by atoms with Crippen molar-refractivity contribution in [1.82, 2.24) is 0 Å². The molecule has 0 aliphatic heterocycles. The van der Waals surface area contributed by atoms with Gasteiger partial charge in [-0.05, 0) is 30.6 Å². The molecule has 0 radical (unpaired) electrons. The van der Waals surface area contributed by atoms with Crippen molar-refractivity contribution in [2.45, 2.75) is 33.7 Å². The third-order valence-corrected chi connectivity index (χ3v) is 3.37. The van der Waals surface area contributed by atoms with Crippen LogP contribution in [-0.4, -0.2) is 6.04 Å². The van der Waals surface area contributed by atoms with Crippen molar-refractivity contribution in [2.75, 3.05) is 0 Å². The molecule has 0 amide bonds. The summed E-state index contributed by atoms with van der Waals surface area (Å²) in [7, 11) is 0. The average molecular weight is 167 g/mol. The Morgan fingerprint density at radius 3 is 1.83 bits per heavy atom. The van der Waals surface area contributed by atoms with Gasteiger partial charge in [0.25, 0.3) is 0 Å². The molecule has 4 atom stereocenters. The minimum absolute atomic E-state index is 0.319. The fourth-order valence-corrected chi connectivity index (χ4v) is 2.39. The van der Waals surface area contributed by atoms with Gasteiger partial charge in [0.15, 0.2) is 0 Å². The van der Waals surface area contributed by atoms with Gasteiger partial charge < -0.3 is 5.73 Å². The summed E-state index contributed by atoms with van der Waals surface area (Å²) in [6.45, 7) is 8.98. The van der Waals surface area contributed by atoms with E-state index in [0.29, 0.717) is 23.8 Å². The highest BCUT2D eigenvalue weighted by molar-refractivity contribution is 5.05. The maximum absolute atomic E-state index is 5.91. The third-order valence-electron chi connectivity index (χ3n) is 3.37.